The van der Waals surface area contributed by atoms with E-state index in [0.29, 0.717) is 34.9 Å². The van der Waals surface area contributed by atoms with Crippen LogP contribution in [0.25, 0.3) is 101 Å². The topological polar surface area (TPSA) is 77.3 Å². The van der Waals surface area contributed by atoms with Gasteiger partial charge in [0.2, 0.25) is 0 Å². The van der Waals surface area contributed by atoms with E-state index in [-0.39, 0.29) is 0 Å². The first-order valence-corrected chi connectivity index (χ1v) is 20.8. The number of fused-ring (bicyclic) bond motifs is 1. The molecule has 0 spiro atoms. The lowest BCUT2D eigenvalue weighted by atomic mass is 9.91. The summed E-state index contributed by atoms with van der Waals surface area (Å²) < 4.78 is 0. The number of hydrogen-bond acceptors (Lipinski definition) is 6. The fourth-order valence-electron chi connectivity index (χ4n) is 7.76. The van der Waals surface area contributed by atoms with Crippen LogP contribution in [0.3, 0.4) is 0 Å². The van der Waals surface area contributed by atoms with Gasteiger partial charge in [-0.1, -0.05) is 204 Å². The Kier molecular flexibility index (Phi) is 10.0. The Balaban J connectivity index is 1.01. The zero-order valence-corrected chi connectivity index (χ0v) is 35.0. The molecule has 0 saturated heterocycles. The van der Waals surface area contributed by atoms with Gasteiger partial charge in [-0.2, -0.15) is 0 Å². The maximum absolute atomic E-state index is 4.99. The summed E-state index contributed by atoms with van der Waals surface area (Å²) in [5.41, 5.74) is 14.9. The van der Waals surface area contributed by atoms with Gasteiger partial charge < -0.3 is 0 Å². The quantitative estimate of drug-likeness (QED) is 0.152. The summed E-state index contributed by atoms with van der Waals surface area (Å²) in [5.74, 6) is 3.85. The van der Waals surface area contributed by atoms with Crippen molar-refractivity contribution >= 4 is 10.8 Å². The SMILES string of the molecule is Cc1ccc(-c2nc(-c3ccc(C)cc3)nc(-c3ccc(-c4cccc5cccc(-c6ccc(-c7nc(-c8ccc(C)cc8)nc(-c8ccc(C)cc8)n7)cc6)c45)cc3)n2)cc1. The summed E-state index contributed by atoms with van der Waals surface area (Å²) in [4.78, 5) is 29.8. The number of hydrogen-bond donors (Lipinski definition) is 0. The van der Waals surface area contributed by atoms with E-state index in [2.05, 4.69) is 210 Å². The predicted octanol–water partition coefficient (Wildman–Crippen LogP) is 13.8. The molecule has 0 N–H and O–H groups in total. The molecule has 6 nitrogen and oxygen atoms in total. The van der Waals surface area contributed by atoms with Crippen molar-refractivity contribution < 1.29 is 0 Å². The Bertz CT molecular complexity index is 2870. The van der Waals surface area contributed by atoms with E-state index < -0.39 is 0 Å². The molecule has 0 atom stereocenters. The van der Waals surface area contributed by atoms with Gasteiger partial charge in [-0.3, -0.25) is 0 Å². The molecule has 10 rings (SSSR count). The molecule has 0 bridgehead atoms. The van der Waals surface area contributed by atoms with Crippen LogP contribution in [-0.2, 0) is 0 Å². The van der Waals surface area contributed by atoms with Crippen LogP contribution in [-0.4, -0.2) is 29.9 Å². The lowest BCUT2D eigenvalue weighted by molar-refractivity contribution is 1.07. The molecule has 0 amide bonds. The molecule has 62 heavy (non-hydrogen) atoms. The van der Waals surface area contributed by atoms with Gasteiger partial charge in [0.05, 0.1) is 0 Å². The van der Waals surface area contributed by atoms with Crippen LogP contribution < -0.4 is 0 Å². The van der Waals surface area contributed by atoms with E-state index in [9.17, 15) is 0 Å². The maximum atomic E-state index is 4.99. The lowest BCUT2D eigenvalue weighted by Gasteiger charge is -2.14. The van der Waals surface area contributed by atoms with E-state index >= 15 is 0 Å². The molecule has 0 aliphatic carbocycles. The van der Waals surface area contributed by atoms with Crippen LogP contribution in [0.2, 0.25) is 0 Å². The van der Waals surface area contributed by atoms with Gasteiger partial charge >= 0.3 is 0 Å². The molecule has 8 aromatic carbocycles. The Morgan fingerprint density at radius 2 is 0.435 bits per heavy atom. The molecule has 10 aromatic rings. The van der Waals surface area contributed by atoms with E-state index in [4.69, 9.17) is 29.9 Å². The van der Waals surface area contributed by atoms with Crippen LogP contribution in [0.1, 0.15) is 22.3 Å². The summed E-state index contributed by atoms with van der Waals surface area (Å²) in [5, 5.41) is 2.35. The van der Waals surface area contributed by atoms with Crippen molar-refractivity contribution in [2.45, 2.75) is 27.7 Å². The average molecular weight is 799 g/mol. The third-order valence-electron chi connectivity index (χ3n) is 11.3. The molecule has 0 saturated carbocycles. The minimum absolute atomic E-state index is 0.631. The van der Waals surface area contributed by atoms with Crippen LogP contribution in [0.4, 0.5) is 0 Å². The highest BCUT2D eigenvalue weighted by molar-refractivity contribution is 6.06. The van der Waals surface area contributed by atoms with Gasteiger partial charge in [-0.05, 0) is 60.7 Å². The average Bonchev–Trinajstić information content (AvgIpc) is 3.32. The molecule has 0 aliphatic rings. The molecule has 0 unspecified atom stereocenters. The van der Waals surface area contributed by atoms with E-state index in [0.717, 1.165) is 55.6 Å². The summed E-state index contributed by atoms with van der Waals surface area (Å²) in [7, 11) is 0. The zero-order chi connectivity index (χ0) is 42.2. The zero-order valence-electron chi connectivity index (χ0n) is 35.0. The highest BCUT2D eigenvalue weighted by Crippen LogP contribution is 2.38. The largest absolute Gasteiger partial charge is 0.208 e. The standard InChI is InChI=1S/C56H42N6/c1-35-11-19-42(20-12-35)51-57-52(43-21-13-36(2)14-22-43)60-55(59-51)46-31-27-39(28-32-46)48-9-5-7-41-8-6-10-49(50(41)48)40-29-33-47(34-30-40)56-61-53(44-23-15-37(3)16-24-44)58-54(62-56)45-25-17-38(4)18-26-45/h5-34H,1-4H3. The molecule has 296 valence electrons. The molecular weight excluding hydrogens is 757 g/mol. The first-order valence-electron chi connectivity index (χ1n) is 20.8. The number of nitrogens with zero attached hydrogens (tertiary/aromatic N) is 6. The monoisotopic (exact) mass is 798 g/mol. The minimum atomic E-state index is 0.631. The molecule has 2 heterocycles. The first-order chi connectivity index (χ1) is 30.3. The Morgan fingerprint density at radius 3 is 0.677 bits per heavy atom. The van der Waals surface area contributed by atoms with Gasteiger partial charge in [-0.15, -0.1) is 0 Å². The van der Waals surface area contributed by atoms with Gasteiger partial charge in [0.15, 0.2) is 34.9 Å². The predicted molar refractivity (Wildman–Crippen MR) is 253 cm³/mol. The number of aryl methyl sites for hydroxylation is 4. The third-order valence-corrected chi connectivity index (χ3v) is 11.3. The molecule has 0 aliphatic heterocycles. The highest BCUT2D eigenvalue weighted by atomic mass is 15.0. The molecule has 2 aromatic heterocycles. The molecule has 0 fully saturated rings. The van der Waals surface area contributed by atoms with Crippen LogP contribution in [0.15, 0.2) is 182 Å². The molecule has 0 radical (unpaired) electrons. The Hall–Kier alpha value is -7.96. The maximum Gasteiger partial charge on any atom is 0.164 e. The van der Waals surface area contributed by atoms with Crippen LogP contribution >= 0.6 is 0 Å². The molecular formula is C56H42N6. The van der Waals surface area contributed by atoms with Crippen molar-refractivity contribution in [2.75, 3.05) is 0 Å². The normalized spacial score (nSPS) is 11.2. The van der Waals surface area contributed by atoms with Gasteiger partial charge in [-0.25, -0.2) is 29.9 Å². The van der Waals surface area contributed by atoms with Crippen LogP contribution in [0, 0.1) is 27.7 Å². The summed E-state index contributed by atoms with van der Waals surface area (Å²) in [6.45, 7) is 8.33. The van der Waals surface area contributed by atoms with E-state index in [1.807, 2.05) is 0 Å². The van der Waals surface area contributed by atoms with Crippen molar-refractivity contribution in [3.05, 3.63) is 204 Å². The van der Waals surface area contributed by atoms with Crippen molar-refractivity contribution in [1.29, 1.82) is 0 Å². The Labute approximate surface area is 361 Å². The fraction of sp³-hybridized carbons (Fsp3) is 0.0714. The smallest absolute Gasteiger partial charge is 0.164 e. The van der Waals surface area contributed by atoms with Crippen molar-refractivity contribution in [1.82, 2.24) is 29.9 Å². The summed E-state index contributed by atoms with van der Waals surface area (Å²) >= 11 is 0. The Morgan fingerprint density at radius 1 is 0.226 bits per heavy atom. The van der Waals surface area contributed by atoms with Crippen molar-refractivity contribution in [3.63, 3.8) is 0 Å². The second-order valence-electron chi connectivity index (χ2n) is 15.9. The van der Waals surface area contributed by atoms with Crippen molar-refractivity contribution in [2.24, 2.45) is 0 Å². The van der Waals surface area contributed by atoms with E-state index in [1.165, 1.54) is 33.0 Å². The third kappa shape index (κ3) is 7.78. The minimum Gasteiger partial charge on any atom is -0.208 e. The van der Waals surface area contributed by atoms with Crippen molar-refractivity contribution in [3.8, 4) is 90.6 Å². The second kappa shape index (κ2) is 16.2. The number of aromatic nitrogens is 6. The van der Waals surface area contributed by atoms with Gasteiger partial charge in [0.1, 0.15) is 0 Å². The van der Waals surface area contributed by atoms with Gasteiger partial charge in [0, 0.05) is 33.4 Å². The van der Waals surface area contributed by atoms with Gasteiger partial charge in [0.25, 0.3) is 0 Å². The highest BCUT2D eigenvalue weighted by Gasteiger charge is 2.16. The van der Waals surface area contributed by atoms with E-state index in [1.54, 1.807) is 0 Å². The number of rotatable bonds is 8. The second-order valence-corrected chi connectivity index (χ2v) is 15.9. The fourth-order valence-corrected chi connectivity index (χ4v) is 7.76. The first kappa shape index (κ1) is 38.3. The molecule has 6 heteroatoms. The number of benzene rings is 8. The van der Waals surface area contributed by atoms with Crippen LogP contribution in [0.5, 0.6) is 0 Å². The summed E-state index contributed by atoms with van der Waals surface area (Å²) in [6, 6.07) is 63.4. The lowest BCUT2D eigenvalue weighted by Crippen LogP contribution is -2.00. The summed E-state index contributed by atoms with van der Waals surface area (Å²) in [6.07, 6.45) is 0.